The standard InChI is InChI=1S/C12H12BrF2N3O/c1-18-6-7(5-17-18)11(4-16)19-10-3-8(13)2-9(14)12(10)15/h2-3,5-6,11H,4,16H2,1H3. The van der Waals surface area contributed by atoms with Gasteiger partial charge in [-0.1, -0.05) is 15.9 Å². The van der Waals surface area contributed by atoms with Gasteiger partial charge in [0, 0.05) is 29.8 Å². The first-order valence-electron chi connectivity index (χ1n) is 5.51. The molecule has 0 aliphatic rings. The molecule has 7 heteroatoms. The first-order chi connectivity index (χ1) is 9.01. The summed E-state index contributed by atoms with van der Waals surface area (Å²) in [6.07, 6.45) is 2.70. The van der Waals surface area contributed by atoms with Crippen molar-refractivity contribution in [2.75, 3.05) is 6.54 Å². The molecule has 1 aromatic heterocycles. The second kappa shape index (κ2) is 5.66. The molecule has 0 bridgehead atoms. The molecule has 1 unspecified atom stereocenters. The number of halogens is 3. The topological polar surface area (TPSA) is 53.1 Å². The Balaban J connectivity index is 2.28. The molecule has 0 radical (unpaired) electrons. The predicted octanol–water partition coefficient (Wildman–Crippen LogP) is 2.54. The molecule has 0 spiro atoms. The van der Waals surface area contributed by atoms with E-state index in [-0.39, 0.29) is 12.3 Å². The summed E-state index contributed by atoms with van der Waals surface area (Å²) in [6, 6.07) is 2.39. The first kappa shape index (κ1) is 14.0. The van der Waals surface area contributed by atoms with Crippen LogP contribution in [0.25, 0.3) is 0 Å². The molecule has 102 valence electrons. The zero-order chi connectivity index (χ0) is 14.0. The van der Waals surface area contributed by atoms with E-state index < -0.39 is 17.7 Å². The molecule has 2 rings (SSSR count). The summed E-state index contributed by atoms with van der Waals surface area (Å²) in [6.45, 7) is 0.124. The Morgan fingerprint density at radius 3 is 2.79 bits per heavy atom. The average molecular weight is 332 g/mol. The number of benzene rings is 1. The normalized spacial score (nSPS) is 12.5. The molecule has 1 aromatic carbocycles. The lowest BCUT2D eigenvalue weighted by Gasteiger charge is -2.16. The molecule has 0 amide bonds. The summed E-state index contributed by atoms with van der Waals surface area (Å²) >= 11 is 3.08. The third kappa shape index (κ3) is 3.10. The Bertz CT molecular complexity index is 588. The summed E-state index contributed by atoms with van der Waals surface area (Å²) in [7, 11) is 1.75. The molecule has 4 nitrogen and oxygen atoms in total. The molecule has 0 saturated heterocycles. The zero-order valence-corrected chi connectivity index (χ0v) is 11.7. The van der Waals surface area contributed by atoms with Crippen LogP contribution in [0.5, 0.6) is 5.75 Å². The summed E-state index contributed by atoms with van der Waals surface area (Å²) in [5.41, 5.74) is 6.30. The van der Waals surface area contributed by atoms with Gasteiger partial charge in [0.05, 0.1) is 6.20 Å². The molecule has 2 aromatic rings. The lowest BCUT2D eigenvalue weighted by atomic mass is 10.2. The van der Waals surface area contributed by atoms with E-state index in [9.17, 15) is 8.78 Å². The highest BCUT2D eigenvalue weighted by atomic mass is 79.9. The van der Waals surface area contributed by atoms with Gasteiger partial charge in [0.15, 0.2) is 11.6 Å². The number of nitrogens with zero attached hydrogens (tertiary/aromatic N) is 2. The maximum atomic E-state index is 13.6. The van der Waals surface area contributed by atoms with Crippen LogP contribution in [0.4, 0.5) is 8.78 Å². The molecule has 1 atom stereocenters. The number of ether oxygens (including phenoxy) is 1. The molecular formula is C12H12BrF2N3O. The second-order valence-electron chi connectivity index (χ2n) is 3.99. The fourth-order valence-corrected chi connectivity index (χ4v) is 2.04. The van der Waals surface area contributed by atoms with Gasteiger partial charge in [-0.3, -0.25) is 4.68 Å². The van der Waals surface area contributed by atoms with E-state index in [0.717, 1.165) is 6.07 Å². The van der Waals surface area contributed by atoms with E-state index in [1.165, 1.54) is 6.07 Å². The number of hydrogen-bond acceptors (Lipinski definition) is 3. The molecule has 0 aliphatic carbocycles. The van der Waals surface area contributed by atoms with E-state index >= 15 is 0 Å². The summed E-state index contributed by atoms with van der Waals surface area (Å²) in [5, 5.41) is 3.99. The fraction of sp³-hybridized carbons (Fsp3) is 0.250. The maximum Gasteiger partial charge on any atom is 0.200 e. The van der Waals surface area contributed by atoms with Crippen molar-refractivity contribution in [1.82, 2.24) is 9.78 Å². The van der Waals surface area contributed by atoms with Crippen LogP contribution in [-0.2, 0) is 7.05 Å². The minimum absolute atomic E-state index is 0.124. The van der Waals surface area contributed by atoms with Crippen molar-refractivity contribution >= 4 is 15.9 Å². The lowest BCUT2D eigenvalue weighted by molar-refractivity contribution is 0.201. The van der Waals surface area contributed by atoms with Gasteiger partial charge in [-0.05, 0) is 12.1 Å². The van der Waals surface area contributed by atoms with Crippen molar-refractivity contribution < 1.29 is 13.5 Å². The van der Waals surface area contributed by atoms with E-state index in [1.807, 2.05) is 0 Å². The Morgan fingerprint density at radius 1 is 1.47 bits per heavy atom. The Kier molecular flexibility index (Phi) is 4.16. The van der Waals surface area contributed by atoms with Gasteiger partial charge in [-0.25, -0.2) is 4.39 Å². The Labute approximate surface area is 117 Å². The van der Waals surface area contributed by atoms with Gasteiger partial charge >= 0.3 is 0 Å². The van der Waals surface area contributed by atoms with Gasteiger partial charge in [-0.2, -0.15) is 9.49 Å². The van der Waals surface area contributed by atoms with E-state index in [2.05, 4.69) is 21.0 Å². The average Bonchev–Trinajstić information content (AvgIpc) is 2.78. The molecule has 19 heavy (non-hydrogen) atoms. The maximum absolute atomic E-state index is 13.6. The van der Waals surface area contributed by atoms with Crippen LogP contribution >= 0.6 is 15.9 Å². The van der Waals surface area contributed by atoms with Gasteiger partial charge in [0.25, 0.3) is 0 Å². The zero-order valence-electron chi connectivity index (χ0n) is 10.1. The van der Waals surface area contributed by atoms with Crippen molar-refractivity contribution in [2.24, 2.45) is 12.8 Å². The molecule has 0 saturated carbocycles. The van der Waals surface area contributed by atoms with Crippen LogP contribution < -0.4 is 10.5 Å². The third-order valence-corrected chi connectivity index (χ3v) is 3.00. The first-order valence-corrected chi connectivity index (χ1v) is 6.30. The van der Waals surface area contributed by atoms with Crippen LogP contribution in [0.3, 0.4) is 0 Å². The highest BCUT2D eigenvalue weighted by molar-refractivity contribution is 9.10. The molecule has 0 fully saturated rings. The summed E-state index contributed by atoms with van der Waals surface area (Å²) < 4.78 is 34.3. The molecule has 1 heterocycles. The monoisotopic (exact) mass is 331 g/mol. The Morgan fingerprint density at radius 2 is 2.21 bits per heavy atom. The second-order valence-corrected chi connectivity index (χ2v) is 4.90. The lowest BCUT2D eigenvalue weighted by Crippen LogP contribution is -2.18. The number of aryl methyl sites for hydroxylation is 1. The van der Waals surface area contributed by atoms with Gasteiger partial charge in [0.2, 0.25) is 5.82 Å². The highest BCUT2D eigenvalue weighted by Gasteiger charge is 2.18. The number of aromatic nitrogens is 2. The highest BCUT2D eigenvalue weighted by Crippen LogP contribution is 2.29. The smallest absolute Gasteiger partial charge is 0.200 e. The minimum Gasteiger partial charge on any atom is -0.481 e. The third-order valence-electron chi connectivity index (χ3n) is 2.54. The molecule has 0 aliphatic heterocycles. The fourth-order valence-electron chi connectivity index (χ4n) is 1.63. The van der Waals surface area contributed by atoms with Crippen LogP contribution in [-0.4, -0.2) is 16.3 Å². The quantitative estimate of drug-likeness (QED) is 0.876. The van der Waals surface area contributed by atoms with Gasteiger partial charge in [-0.15, -0.1) is 0 Å². The van der Waals surface area contributed by atoms with E-state index in [0.29, 0.717) is 10.0 Å². The summed E-state index contributed by atoms with van der Waals surface area (Å²) in [5.74, 6) is -2.21. The van der Waals surface area contributed by atoms with Crippen molar-refractivity contribution in [1.29, 1.82) is 0 Å². The SMILES string of the molecule is Cn1cc(C(CN)Oc2cc(Br)cc(F)c2F)cn1. The van der Waals surface area contributed by atoms with Crippen molar-refractivity contribution in [3.05, 3.63) is 46.2 Å². The Hall–Kier alpha value is -1.47. The molecular weight excluding hydrogens is 320 g/mol. The number of hydrogen-bond donors (Lipinski definition) is 1. The van der Waals surface area contributed by atoms with E-state index in [1.54, 1.807) is 24.1 Å². The van der Waals surface area contributed by atoms with Crippen LogP contribution in [0, 0.1) is 11.6 Å². The van der Waals surface area contributed by atoms with Crippen molar-refractivity contribution in [3.8, 4) is 5.75 Å². The molecule has 2 N–H and O–H groups in total. The van der Waals surface area contributed by atoms with Crippen molar-refractivity contribution in [3.63, 3.8) is 0 Å². The van der Waals surface area contributed by atoms with Gasteiger partial charge < -0.3 is 10.5 Å². The predicted molar refractivity (Wildman–Crippen MR) is 69.7 cm³/mol. The van der Waals surface area contributed by atoms with Crippen molar-refractivity contribution in [2.45, 2.75) is 6.10 Å². The van der Waals surface area contributed by atoms with Crippen LogP contribution in [0.15, 0.2) is 29.0 Å². The number of rotatable bonds is 4. The number of nitrogens with two attached hydrogens (primary N) is 1. The minimum atomic E-state index is -1.04. The van der Waals surface area contributed by atoms with Crippen LogP contribution in [0.2, 0.25) is 0 Å². The summed E-state index contributed by atoms with van der Waals surface area (Å²) in [4.78, 5) is 0. The van der Waals surface area contributed by atoms with Crippen LogP contribution in [0.1, 0.15) is 11.7 Å². The van der Waals surface area contributed by atoms with Gasteiger partial charge in [0.1, 0.15) is 6.10 Å². The van der Waals surface area contributed by atoms with E-state index in [4.69, 9.17) is 10.5 Å². The largest absolute Gasteiger partial charge is 0.481 e.